The first-order valence-electron chi connectivity index (χ1n) is 9.08. The molecule has 0 bridgehead atoms. The van der Waals surface area contributed by atoms with Crippen molar-refractivity contribution in [3.63, 3.8) is 0 Å². The second-order valence-electron chi connectivity index (χ2n) is 7.13. The Kier molecular flexibility index (Phi) is 4.34. The Labute approximate surface area is 155 Å². The monoisotopic (exact) mass is 341 g/mol. The minimum absolute atomic E-state index is 0.0739. The normalized spacial score (nSPS) is 22.4. The molecule has 0 amide bonds. The number of ether oxygens (including phenoxy) is 1. The summed E-state index contributed by atoms with van der Waals surface area (Å²) in [6.07, 6.45) is 0.816. The lowest BCUT2D eigenvalue weighted by Crippen LogP contribution is -2.35. The number of hydrogen-bond acceptors (Lipinski definition) is 2. The predicted octanol–water partition coefficient (Wildman–Crippen LogP) is 5.82. The van der Waals surface area contributed by atoms with E-state index in [1.807, 2.05) is 24.3 Å². The number of hydrogen-bond donors (Lipinski definition) is 0. The SMILES string of the molecule is Cc1ccc([C@@H]2C[C@](C)(c3ccccc3)OC(c3ccccc3)=N2)cc1. The van der Waals surface area contributed by atoms with Gasteiger partial charge in [-0.15, -0.1) is 0 Å². The van der Waals surface area contributed by atoms with Crippen LogP contribution >= 0.6 is 0 Å². The van der Waals surface area contributed by atoms with Crippen LogP contribution in [0.2, 0.25) is 0 Å². The van der Waals surface area contributed by atoms with Gasteiger partial charge in [0.15, 0.2) is 0 Å². The molecule has 2 nitrogen and oxygen atoms in total. The van der Waals surface area contributed by atoms with Gasteiger partial charge in [-0.3, -0.25) is 0 Å². The van der Waals surface area contributed by atoms with Crippen LogP contribution in [0.5, 0.6) is 0 Å². The summed E-state index contributed by atoms with van der Waals surface area (Å²) in [7, 11) is 0. The van der Waals surface area contributed by atoms with Gasteiger partial charge in [-0.1, -0.05) is 78.4 Å². The van der Waals surface area contributed by atoms with Crippen LogP contribution in [0, 0.1) is 6.92 Å². The molecule has 3 aromatic rings. The maximum absolute atomic E-state index is 6.47. The third-order valence-electron chi connectivity index (χ3n) is 5.05. The van der Waals surface area contributed by atoms with Gasteiger partial charge in [-0.05, 0) is 37.1 Å². The molecule has 2 atom stereocenters. The van der Waals surface area contributed by atoms with Crippen molar-refractivity contribution in [1.82, 2.24) is 0 Å². The van der Waals surface area contributed by atoms with E-state index in [4.69, 9.17) is 9.73 Å². The van der Waals surface area contributed by atoms with Crippen molar-refractivity contribution >= 4 is 5.90 Å². The molecule has 0 aromatic heterocycles. The summed E-state index contributed by atoms with van der Waals surface area (Å²) >= 11 is 0. The minimum atomic E-state index is -0.413. The van der Waals surface area contributed by atoms with Crippen molar-refractivity contribution in [2.45, 2.75) is 31.9 Å². The van der Waals surface area contributed by atoms with Crippen LogP contribution in [0.25, 0.3) is 0 Å². The molecular weight excluding hydrogens is 318 g/mol. The van der Waals surface area contributed by atoms with Gasteiger partial charge >= 0.3 is 0 Å². The van der Waals surface area contributed by atoms with Gasteiger partial charge in [0.25, 0.3) is 0 Å². The maximum Gasteiger partial charge on any atom is 0.217 e. The summed E-state index contributed by atoms with van der Waals surface area (Å²) in [5, 5.41) is 0. The second kappa shape index (κ2) is 6.80. The molecule has 2 heteroatoms. The van der Waals surface area contributed by atoms with Gasteiger partial charge in [0, 0.05) is 12.0 Å². The highest BCUT2D eigenvalue weighted by Crippen LogP contribution is 2.41. The summed E-state index contributed by atoms with van der Waals surface area (Å²) in [6.45, 7) is 4.28. The molecule has 3 aromatic carbocycles. The molecule has 4 rings (SSSR count). The van der Waals surface area contributed by atoms with Crippen molar-refractivity contribution in [2.24, 2.45) is 4.99 Å². The Morgan fingerprint density at radius 3 is 2.12 bits per heavy atom. The Morgan fingerprint density at radius 1 is 0.846 bits per heavy atom. The maximum atomic E-state index is 6.47. The Hall–Kier alpha value is -2.87. The minimum Gasteiger partial charge on any atom is -0.466 e. The highest BCUT2D eigenvalue weighted by molar-refractivity contribution is 5.95. The molecule has 1 aliphatic rings. The molecule has 0 radical (unpaired) electrons. The zero-order valence-corrected chi connectivity index (χ0v) is 15.2. The Bertz CT molecular complexity index is 900. The van der Waals surface area contributed by atoms with Gasteiger partial charge in [0.1, 0.15) is 5.60 Å². The predicted molar refractivity (Wildman–Crippen MR) is 106 cm³/mol. The Morgan fingerprint density at radius 2 is 1.46 bits per heavy atom. The highest BCUT2D eigenvalue weighted by Gasteiger charge is 2.38. The lowest BCUT2D eigenvalue weighted by Gasteiger charge is -2.38. The standard InChI is InChI=1S/C24H23NO/c1-18-13-15-19(16-14-18)22-17-24(2,21-11-7-4-8-12-21)26-23(25-22)20-9-5-3-6-10-20/h3-16,22H,17H2,1-2H3/t22-,24+/m0/s1. The van der Waals surface area contributed by atoms with Gasteiger partial charge in [0.05, 0.1) is 6.04 Å². The van der Waals surface area contributed by atoms with Crippen molar-refractivity contribution in [2.75, 3.05) is 0 Å². The summed E-state index contributed by atoms with van der Waals surface area (Å²) in [6, 6.07) is 29.4. The van der Waals surface area contributed by atoms with Crippen LogP contribution in [0.4, 0.5) is 0 Å². The van der Waals surface area contributed by atoms with Gasteiger partial charge in [-0.2, -0.15) is 0 Å². The van der Waals surface area contributed by atoms with Crippen molar-refractivity contribution < 1.29 is 4.74 Å². The van der Waals surface area contributed by atoms with Crippen LogP contribution in [0.15, 0.2) is 89.9 Å². The van der Waals surface area contributed by atoms with E-state index in [9.17, 15) is 0 Å². The van der Waals surface area contributed by atoms with E-state index in [-0.39, 0.29) is 6.04 Å². The largest absolute Gasteiger partial charge is 0.466 e. The van der Waals surface area contributed by atoms with Crippen molar-refractivity contribution in [1.29, 1.82) is 0 Å². The molecule has 26 heavy (non-hydrogen) atoms. The first-order valence-corrected chi connectivity index (χ1v) is 9.08. The van der Waals surface area contributed by atoms with E-state index >= 15 is 0 Å². The summed E-state index contributed by atoms with van der Waals surface area (Å²) in [5.41, 5.74) is 4.28. The first kappa shape index (κ1) is 16.6. The van der Waals surface area contributed by atoms with Crippen LogP contribution in [-0.4, -0.2) is 5.90 Å². The quantitative estimate of drug-likeness (QED) is 0.588. The highest BCUT2D eigenvalue weighted by atomic mass is 16.5. The number of aryl methyl sites for hydroxylation is 1. The molecule has 0 fully saturated rings. The van der Waals surface area contributed by atoms with Crippen LogP contribution in [-0.2, 0) is 10.3 Å². The smallest absolute Gasteiger partial charge is 0.217 e. The topological polar surface area (TPSA) is 21.6 Å². The van der Waals surface area contributed by atoms with E-state index < -0.39 is 5.60 Å². The van der Waals surface area contributed by atoms with Gasteiger partial charge in [-0.25, -0.2) is 4.99 Å². The average Bonchev–Trinajstić information content (AvgIpc) is 2.69. The fourth-order valence-corrected chi connectivity index (χ4v) is 3.50. The molecule has 0 unspecified atom stereocenters. The van der Waals surface area contributed by atoms with Crippen molar-refractivity contribution in [3.05, 3.63) is 107 Å². The van der Waals surface area contributed by atoms with Gasteiger partial charge in [0.2, 0.25) is 5.90 Å². The number of rotatable bonds is 3. The van der Waals surface area contributed by atoms with E-state index in [0.29, 0.717) is 5.90 Å². The number of aliphatic imine (C=N–C) groups is 1. The lowest BCUT2D eigenvalue weighted by molar-refractivity contribution is 0.0411. The molecule has 130 valence electrons. The zero-order chi connectivity index (χ0) is 18.0. The van der Waals surface area contributed by atoms with E-state index in [1.165, 1.54) is 16.7 Å². The third kappa shape index (κ3) is 3.28. The summed E-state index contributed by atoms with van der Waals surface area (Å²) < 4.78 is 6.47. The molecule has 0 saturated carbocycles. The summed E-state index contributed by atoms with van der Waals surface area (Å²) in [4.78, 5) is 4.97. The molecule has 1 aliphatic heterocycles. The van der Waals surface area contributed by atoms with E-state index in [0.717, 1.165) is 12.0 Å². The lowest BCUT2D eigenvalue weighted by atomic mass is 9.85. The first-order chi connectivity index (χ1) is 12.6. The zero-order valence-electron chi connectivity index (χ0n) is 15.2. The second-order valence-corrected chi connectivity index (χ2v) is 7.13. The molecule has 0 aliphatic carbocycles. The Balaban J connectivity index is 1.78. The number of benzene rings is 3. The van der Waals surface area contributed by atoms with Gasteiger partial charge < -0.3 is 4.74 Å². The van der Waals surface area contributed by atoms with Crippen LogP contribution < -0.4 is 0 Å². The van der Waals surface area contributed by atoms with Crippen molar-refractivity contribution in [3.8, 4) is 0 Å². The molecular formula is C24H23NO. The molecule has 1 heterocycles. The molecule has 0 saturated heterocycles. The third-order valence-corrected chi connectivity index (χ3v) is 5.05. The van der Waals surface area contributed by atoms with Crippen LogP contribution in [0.3, 0.4) is 0 Å². The van der Waals surface area contributed by atoms with E-state index in [1.54, 1.807) is 0 Å². The summed E-state index contributed by atoms with van der Waals surface area (Å²) in [5.74, 6) is 0.716. The van der Waals surface area contributed by atoms with E-state index in [2.05, 4.69) is 74.5 Å². The average molecular weight is 341 g/mol. The number of nitrogens with zero attached hydrogens (tertiary/aromatic N) is 1. The fourth-order valence-electron chi connectivity index (χ4n) is 3.50. The molecule has 0 N–H and O–H groups in total. The fraction of sp³-hybridized carbons (Fsp3) is 0.208. The van der Waals surface area contributed by atoms with Crippen LogP contribution in [0.1, 0.15) is 41.6 Å². The molecule has 0 spiro atoms.